The van der Waals surface area contributed by atoms with Gasteiger partial charge in [0.25, 0.3) is 0 Å². The molecule has 1 rings (SSSR count). The van der Waals surface area contributed by atoms with Crippen molar-refractivity contribution in [1.82, 2.24) is 0 Å². The first-order valence-corrected chi connectivity index (χ1v) is 8.72. The van der Waals surface area contributed by atoms with E-state index in [2.05, 4.69) is 6.92 Å². The maximum Gasteiger partial charge on any atom is 0.0785 e. The minimum Gasteiger partial charge on any atom is -0.379 e. The summed E-state index contributed by atoms with van der Waals surface area (Å²) in [5.74, 6) is 0. The summed E-state index contributed by atoms with van der Waals surface area (Å²) < 4.78 is 11.6. The summed E-state index contributed by atoms with van der Waals surface area (Å²) in [5.41, 5.74) is 6.37. The lowest BCUT2D eigenvalue weighted by Crippen LogP contribution is -2.39. The molecule has 2 N–H and O–H groups in total. The fourth-order valence-corrected chi connectivity index (χ4v) is 2.98. The molecule has 3 heteroatoms. The maximum absolute atomic E-state index is 6.37. The molecule has 0 aromatic carbocycles. The molecule has 0 spiro atoms. The smallest absolute Gasteiger partial charge is 0.0785 e. The Hall–Kier alpha value is -0.120. The number of rotatable bonds is 5. The van der Waals surface area contributed by atoms with Crippen molar-refractivity contribution in [2.24, 2.45) is 5.73 Å². The van der Waals surface area contributed by atoms with Crippen LogP contribution in [0.25, 0.3) is 0 Å². The van der Waals surface area contributed by atoms with Gasteiger partial charge in [-0.2, -0.15) is 0 Å². The summed E-state index contributed by atoms with van der Waals surface area (Å²) in [6.07, 6.45) is 13.3. The van der Waals surface area contributed by atoms with Gasteiger partial charge in [0.05, 0.1) is 18.8 Å². The Morgan fingerprint density at radius 2 is 1.50 bits per heavy atom. The van der Waals surface area contributed by atoms with Crippen molar-refractivity contribution in [3.63, 3.8) is 0 Å². The van der Waals surface area contributed by atoms with E-state index in [1.54, 1.807) is 0 Å². The van der Waals surface area contributed by atoms with Gasteiger partial charge in [-0.25, -0.2) is 0 Å². The highest BCUT2D eigenvalue weighted by atomic mass is 16.5. The highest BCUT2D eigenvalue weighted by Crippen LogP contribution is 2.19. The van der Waals surface area contributed by atoms with Crippen molar-refractivity contribution >= 4 is 0 Å². The van der Waals surface area contributed by atoms with Gasteiger partial charge in [0.1, 0.15) is 0 Å². The summed E-state index contributed by atoms with van der Waals surface area (Å²) in [4.78, 5) is 0. The topological polar surface area (TPSA) is 44.5 Å². The Balaban J connectivity index is 2.39. The standard InChI is InChI=1S/C17H35NO2/c1-3-19-14-15(2)20-17-13-11-9-7-5-4-6-8-10-12-16(17)18/h15-17H,3-14,18H2,1-2H3. The first-order valence-electron chi connectivity index (χ1n) is 8.72. The molecule has 1 aliphatic carbocycles. The second kappa shape index (κ2) is 11.5. The second-order valence-corrected chi connectivity index (χ2v) is 6.21. The van der Waals surface area contributed by atoms with E-state index < -0.39 is 0 Å². The molecule has 0 bridgehead atoms. The molecule has 3 unspecified atom stereocenters. The second-order valence-electron chi connectivity index (χ2n) is 6.21. The molecule has 0 saturated heterocycles. The Morgan fingerprint density at radius 3 is 2.10 bits per heavy atom. The molecular weight excluding hydrogens is 250 g/mol. The molecule has 3 nitrogen and oxygen atoms in total. The molecule has 1 saturated carbocycles. The van der Waals surface area contributed by atoms with Gasteiger partial charge in [-0.3, -0.25) is 0 Å². The Morgan fingerprint density at radius 1 is 0.950 bits per heavy atom. The van der Waals surface area contributed by atoms with Crippen molar-refractivity contribution in [1.29, 1.82) is 0 Å². The summed E-state index contributed by atoms with van der Waals surface area (Å²) in [6, 6.07) is 0.193. The molecule has 20 heavy (non-hydrogen) atoms. The van der Waals surface area contributed by atoms with Crippen molar-refractivity contribution in [2.45, 2.75) is 96.3 Å². The zero-order valence-corrected chi connectivity index (χ0v) is 13.6. The fraction of sp³-hybridized carbons (Fsp3) is 1.00. The maximum atomic E-state index is 6.37. The minimum absolute atomic E-state index is 0.152. The van der Waals surface area contributed by atoms with Crippen molar-refractivity contribution in [2.75, 3.05) is 13.2 Å². The van der Waals surface area contributed by atoms with Gasteiger partial charge in [0.2, 0.25) is 0 Å². The van der Waals surface area contributed by atoms with Gasteiger partial charge in [-0.1, -0.05) is 51.4 Å². The van der Waals surface area contributed by atoms with Gasteiger partial charge in [0.15, 0.2) is 0 Å². The molecule has 0 radical (unpaired) electrons. The molecule has 0 aromatic rings. The summed E-state index contributed by atoms with van der Waals surface area (Å²) >= 11 is 0. The van der Waals surface area contributed by atoms with Crippen molar-refractivity contribution in [3.05, 3.63) is 0 Å². The molecule has 1 fully saturated rings. The lowest BCUT2D eigenvalue weighted by atomic mass is 9.96. The average molecular weight is 285 g/mol. The number of nitrogens with two attached hydrogens (primary N) is 1. The molecule has 3 atom stereocenters. The van der Waals surface area contributed by atoms with Gasteiger partial charge in [-0.15, -0.1) is 0 Å². The van der Waals surface area contributed by atoms with E-state index >= 15 is 0 Å². The SMILES string of the molecule is CCOCC(C)OC1CCCCCCCCCCC1N. The predicted molar refractivity (Wildman–Crippen MR) is 85.0 cm³/mol. The Labute approximate surface area is 125 Å². The van der Waals surface area contributed by atoms with Crippen LogP contribution in [-0.2, 0) is 9.47 Å². The molecule has 0 amide bonds. The Bertz CT molecular complexity index is 223. The highest BCUT2D eigenvalue weighted by molar-refractivity contribution is 4.75. The van der Waals surface area contributed by atoms with Crippen molar-refractivity contribution in [3.8, 4) is 0 Å². The van der Waals surface area contributed by atoms with E-state index in [9.17, 15) is 0 Å². The number of hydrogen-bond donors (Lipinski definition) is 1. The van der Waals surface area contributed by atoms with Crippen LogP contribution >= 0.6 is 0 Å². The van der Waals surface area contributed by atoms with E-state index in [-0.39, 0.29) is 18.2 Å². The van der Waals surface area contributed by atoms with Crippen LogP contribution in [0.1, 0.15) is 78.1 Å². The molecule has 0 heterocycles. The molecular formula is C17H35NO2. The van der Waals surface area contributed by atoms with E-state index in [1.165, 1.54) is 51.4 Å². The van der Waals surface area contributed by atoms with E-state index in [0.29, 0.717) is 6.61 Å². The van der Waals surface area contributed by atoms with Crippen LogP contribution in [0.4, 0.5) is 0 Å². The van der Waals surface area contributed by atoms with Gasteiger partial charge < -0.3 is 15.2 Å². The predicted octanol–water partition coefficient (Wildman–Crippen LogP) is 4.04. The fourth-order valence-electron chi connectivity index (χ4n) is 2.98. The quantitative estimate of drug-likeness (QED) is 0.829. The van der Waals surface area contributed by atoms with Crippen LogP contribution in [0.5, 0.6) is 0 Å². The average Bonchev–Trinajstić information content (AvgIpc) is 2.43. The van der Waals surface area contributed by atoms with E-state index in [0.717, 1.165) is 19.4 Å². The normalized spacial score (nSPS) is 28.4. The highest BCUT2D eigenvalue weighted by Gasteiger charge is 2.20. The van der Waals surface area contributed by atoms with Crippen LogP contribution in [0, 0.1) is 0 Å². The lowest BCUT2D eigenvalue weighted by Gasteiger charge is -2.28. The van der Waals surface area contributed by atoms with E-state index in [4.69, 9.17) is 15.2 Å². The molecule has 0 aliphatic heterocycles. The zero-order chi connectivity index (χ0) is 14.6. The molecule has 0 aromatic heterocycles. The third-order valence-electron chi connectivity index (χ3n) is 4.22. The third kappa shape index (κ3) is 8.23. The first kappa shape index (κ1) is 17.9. The zero-order valence-electron chi connectivity index (χ0n) is 13.6. The number of ether oxygens (including phenoxy) is 2. The van der Waals surface area contributed by atoms with Gasteiger partial charge in [0, 0.05) is 12.6 Å². The van der Waals surface area contributed by atoms with Crippen molar-refractivity contribution < 1.29 is 9.47 Å². The summed E-state index contributed by atoms with van der Waals surface area (Å²) in [7, 11) is 0. The Kier molecular flexibility index (Phi) is 10.3. The van der Waals surface area contributed by atoms with Gasteiger partial charge in [-0.05, 0) is 26.7 Å². The largest absolute Gasteiger partial charge is 0.379 e. The van der Waals surface area contributed by atoms with Crippen LogP contribution < -0.4 is 5.73 Å². The van der Waals surface area contributed by atoms with Crippen LogP contribution in [0.15, 0.2) is 0 Å². The molecule has 120 valence electrons. The first-order chi connectivity index (χ1) is 9.74. The minimum atomic E-state index is 0.152. The lowest BCUT2D eigenvalue weighted by molar-refractivity contribution is -0.0599. The third-order valence-corrected chi connectivity index (χ3v) is 4.22. The van der Waals surface area contributed by atoms with Crippen LogP contribution in [-0.4, -0.2) is 31.5 Å². The van der Waals surface area contributed by atoms with Crippen LogP contribution in [0.2, 0.25) is 0 Å². The van der Waals surface area contributed by atoms with Crippen LogP contribution in [0.3, 0.4) is 0 Å². The summed E-state index contributed by atoms with van der Waals surface area (Å²) in [5, 5.41) is 0. The van der Waals surface area contributed by atoms with Gasteiger partial charge >= 0.3 is 0 Å². The summed E-state index contributed by atoms with van der Waals surface area (Å²) in [6.45, 7) is 5.55. The monoisotopic (exact) mass is 285 g/mol. The molecule has 1 aliphatic rings. The number of hydrogen-bond acceptors (Lipinski definition) is 3. The van der Waals surface area contributed by atoms with E-state index in [1.807, 2.05) is 6.92 Å².